The van der Waals surface area contributed by atoms with Crippen LogP contribution in [0.1, 0.15) is 30.5 Å². The third-order valence-corrected chi connectivity index (χ3v) is 5.21. The molecule has 2 amide bonds. The van der Waals surface area contributed by atoms with E-state index in [0.29, 0.717) is 24.3 Å². The summed E-state index contributed by atoms with van der Waals surface area (Å²) in [4.78, 5) is 33.0. The molecular formula is C24H25F2N5O4. The average molecular weight is 485 g/mol. The van der Waals surface area contributed by atoms with Gasteiger partial charge in [-0.15, -0.1) is 0 Å². The molecule has 0 radical (unpaired) electrons. The summed E-state index contributed by atoms with van der Waals surface area (Å²) in [5.74, 6) is -0.349. The number of nitrogens with zero attached hydrogens (tertiary/aromatic N) is 2. The van der Waals surface area contributed by atoms with Crippen molar-refractivity contribution in [1.29, 1.82) is 0 Å². The Bertz CT molecular complexity index is 1150. The number of aromatic nitrogens is 1. The summed E-state index contributed by atoms with van der Waals surface area (Å²) < 4.78 is 37.2. The second-order valence-corrected chi connectivity index (χ2v) is 7.59. The molecule has 0 spiro atoms. The smallest absolute Gasteiger partial charge is 0.267 e. The molecule has 4 N–H and O–H groups in total. The van der Waals surface area contributed by atoms with Crippen molar-refractivity contribution in [3.63, 3.8) is 0 Å². The normalized spacial score (nSPS) is 14.5. The van der Waals surface area contributed by atoms with Crippen molar-refractivity contribution in [2.24, 2.45) is 10.7 Å². The molecule has 0 bridgehead atoms. The minimum atomic E-state index is -2.75. The van der Waals surface area contributed by atoms with E-state index in [0.717, 1.165) is 6.20 Å². The number of carbonyl (C=O) groups excluding carboxylic acids is 2. The summed E-state index contributed by atoms with van der Waals surface area (Å²) in [6.07, 6.45) is 3.19. The maximum Gasteiger partial charge on any atom is 0.267 e. The fourth-order valence-corrected chi connectivity index (χ4v) is 3.09. The molecule has 0 atom stereocenters. The number of carbonyl (C=O) groups is 2. The number of alkyl halides is 2. The van der Waals surface area contributed by atoms with E-state index in [2.05, 4.69) is 27.2 Å². The number of hydrogen-bond donors (Lipinski definition) is 3. The molecule has 1 aliphatic carbocycles. The molecule has 2 aromatic rings. The number of benzene rings is 1. The number of ether oxygens (including phenoxy) is 2. The van der Waals surface area contributed by atoms with Gasteiger partial charge in [0.1, 0.15) is 22.8 Å². The largest absolute Gasteiger partial charge is 0.497 e. The van der Waals surface area contributed by atoms with Crippen LogP contribution in [-0.2, 0) is 16.1 Å². The zero-order chi connectivity index (χ0) is 25.4. The Morgan fingerprint density at radius 1 is 1.29 bits per heavy atom. The van der Waals surface area contributed by atoms with E-state index in [4.69, 9.17) is 15.2 Å². The number of hydrogen-bond acceptors (Lipinski definition) is 7. The van der Waals surface area contributed by atoms with Gasteiger partial charge < -0.3 is 25.8 Å². The van der Waals surface area contributed by atoms with E-state index in [1.54, 1.807) is 12.1 Å². The van der Waals surface area contributed by atoms with Gasteiger partial charge in [-0.2, -0.15) is 0 Å². The molecule has 1 heterocycles. The quantitative estimate of drug-likeness (QED) is 0.331. The maximum absolute atomic E-state index is 13.3. The first-order chi connectivity index (χ1) is 16.8. The number of rotatable bonds is 11. The van der Waals surface area contributed by atoms with Gasteiger partial charge in [-0.25, -0.2) is 8.78 Å². The second-order valence-electron chi connectivity index (χ2n) is 7.59. The number of halogens is 2. The SMILES string of the molecule is C=CN=C/C(=C\N)C(=O)NC1(C(=O)NCc2ccc(Oc3ccc(OC)cc3C(F)F)cn2)CC1. The average Bonchev–Trinajstić information content (AvgIpc) is 3.64. The Kier molecular flexibility index (Phi) is 8.13. The predicted octanol–water partition coefficient (Wildman–Crippen LogP) is 3.14. The van der Waals surface area contributed by atoms with Crippen molar-refractivity contribution in [2.45, 2.75) is 31.4 Å². The fourth-order valence-electron chi connectivity index (χ4n) is 3.09. The molecule has 1 aromatic carbocycles. The molecule has 11 heteroatoms. The first-order valence-corrected chi connectivity index (χ1v) is 10.6. The lowest BCUT2D eigenvalue weighted by Crippen LogP contribution is -2.49. The summed E-state index contributed by atoms with van der Waals surface area (Å²) in [7, 11) is 1.39. The van der Waals surface area contributed by atoms with Crippen molar-refractivity contribution in [3.05, 3.63) is 72.3 Å². The van der Waals surface area contributed by atoms with Gasteiger partial charge in [0.2, 0.25) is 5.91 Å². The molecular weight excluding hydrogens is 460 g/mol. The standard InChI is InChI=1S/C24H25F2N5O4/c1-3-28-12-15(11-27)22(32)31-24(8-9-24)23(33)30-13-16-4-5-18(14-29-16)35-20-7-6-17(34-2)10-19(20)21(25)26/h3-7,10-12,14,21H,1,8-9,13,27H2,2H3,(H,30,33)(H,31,32)/b15-11+,28-12?. The minimum Gasteiger partial charge on any atom is -0.497 e. The molecule has 1 saturated carbocycles. The fraction of sp³-hybridized carbons (Fsp3) is 0.250. The minimum absolute atomic E-state index is 0.0147. The first-order valence-electron chi connectivity index (χ1n) is 10.6. The number of aliphatic imine (C=N–C) groups is 1. The Morgan fingerprint density at radius 2 is 2.03 bits per heavy atom. The summed E-state index contributed by atoms with van der Waals surface area (Å²) in [6.45, 7) is 3.52. The number of nitrogens with two attached hydrogens (primary N) is 1. The Labute approximate surface area is 200 Å². The molecule has 3 rings (SSSR count). The van der Waals surface area contributed by atoms with Crippen molar-refractivity contribution >= 4 is 18.0 Å². The van der Waals surface area contributed by atoms with Gasteiger partial charge in [0.15, 0.2) is 0 Å². The summed E-state index contributed by atoms with van der Waals surface area (Å²) in [5.41, 5.74) is 4.74. The van der Waals surface area contributed by atoms with E-state index in [1.165, 1.54) is 43.9 Å². The lowest BCUT2D eigenvalue weighted by atomic mass is 10.2. The van der Waals surface area contributed by atoms with Crippen LogP contribution >= 0.6 is 0 Å². The summed E-state index contributed by atoms with van der Waals surface area (Å²) in [6, 6.07) is 7.28. The van der Waals surface area contributed by atoms with E-state index in [9.17, 15) is 18.4 Å². The second kappa shape index (κ2) is 11.2. The lowest BCUT2D eigenvalue weighted by molar-refractivity contribution is -0.128. The van der Waals surface area contributed by atoms with Gasteiger partial charge >= 0.3 is 0 Å². The number of methoxy groups -OCH3 is 1. The first kappa shape index (κ1) is 25.3. The molecule has 0 unspecified atom stereocenters. The Balaban J connectivity index is 1.58. The summed E-state index contributed by atoms with van der Waals surface area (Å²) in [5, 5.41) is 5.43. The predicted molar refractivity (Wildman–Crippen MR) is 125 cm³/mol. The molecule has 1 aromatic heterocycles. The van der Waals surface area contributed by atoms with Crippen molar-refractivity contribution in [1.82, 2.24) is 15.6 Å². The Hall–Kier alpha value is -4.28. The molecule has 35 heavy (non-hydrogen) atoms. The van der Waals surface area contributed by atoms with Crippen molar-refractivity contribution in [3.8, 4) is 17.2 Å². The van der Waals surface area contributed by atoms with E-state index in [-0.39, 0.29) is 35.1 Å². The van der Waals surface area contributed by atoms with Gasteiger partial charge in [0.05, 0.1) is 36.7 Å². The highest BCUT2D eigenvalue weighted by atomic mass is 19.3. The zero-order valence-corrected chi connectivity index (χ0v) is 19.0. The highest BCUT2D eigenvalue weighted by Gasteiger charge is 2.51. The zero-order valence-electron chi connectivity index (χ0n) is 19.0. The van der Waals surface area contributed by atoms with Crippen LogP contribution in [0.4, 0.5) is 8.78 Å². The van der Waals surface area contributed by atoms with Crippen LogP contribution in [0.2, 0.25) is 0 Å². The molecule has 0 saturated heterocycles. The van der Waals surface area contributed by atoms with Crippen molar-refractivity contribution in [2.75, 3.05) is 7.11 Å². The van der Waals surface area contributed by atoms with Gasteiger partial charge in [0, 0.05) is 18.6 Å². The van der Waals surface area contributed by atoms with Gasteiger partial charge in [-0.1, -0.05) is 6.58 Å². The molecule has 9 nitrogen and oxygen atoms in total. The topological polar surface area (TPSA) is 128 Å². The third kappa shape index (κ3) is 6.40. The monoisotopic (exact) mass is 485 g/mol. The Morgan fingerprint density at radius 3 is 2.60 bits per heavy atom. The van der Waals surface area contributed by atoms with Crippen LogP contribution in [-0.4, -0.2) is 35.7 Å². The summed E-state index contributed by atoms with van der Waals surface area (Å²) >= 11 is 0. The highest BCUT2D eigenvalue weighted by Crippen LogP contribution is 2.36. The van der Waals surface area contributed by atoms with Crippen LogP contribution < -0.4 is 25.8 Å². The number of nitrogens with one attached hydrogen (secondary N) is 2. The van der Waals surface area contributed by atoms with Crippen LogP contribution in [0.25, 0.3) is 0 Å². The maximum atomic E-state index is 13.3. The van der Waals surface area contributed by atoms with Crippen LogP contribution in [0.15, 0.2) is 66.1 Å². The third-order valence-electron chi connectivity index (χ3n) is 5.21. The van der Waals surface area contributed by atoms with Crippen LogP contribution in [0, 0.1) is 0 Å². The van der Waals surface area contributed by atoms with Gasteiger partial charge in [-0.05, 0) is 43.2 Å². The van der Waals surface area contributed by atoms with Gasteiger partial charge in [0.25, 0.3) is 12.3 Å². The lowest BCUT2D eigenvalue weighted by Gasteiger charge is -2.17. The highest BCUT2D eigenvalue weighted by molar-refractivity contribution is 6.13. The van der Waals surface area contributed by atoms with Crippen LogP contribution in [0.5, 0.6) is 17.2 Å². The number of amides is 2. The molecule has 1 fully saturated rings. The van der Waals surface area contributed by atoms with E-state index < -0.39 is 17.9 Å². The van der Waals surface area contributed by atoms with E-state index in [1.807, 2.05) is 0 Å². The van der Waals surface area contributed by atoms with Crippen molar-refractivity contribution < 1.29 is 27.8 Å². The molecule has 0 aliphatic heterocycles. The molecule has 1 aliphatic rings. The molecule has 184 valence electrons. The van der Waals surface area contributed by atoms with E-state index >= 15 is 0 Å². The van der Waals surface area contributed by atoms with Gasteiger partial charge in [-0.3, -0.25) is 19.6 Å². The number of pyridine rings is 1. The van der Waals surface area contributed by atoms with Crippen LogP contribution in [0.3, 0.4) is 0 Å².